The first-order chi connectivity index (χ1) is 9.55. The van der Waals surface area contributed by atoms with Crippen LogP contribution in [0.5, 0.6) is 0 Å². The second-order valence-electron chi connectivity index (χ2n) is 5.05. The third kappa shape index (κ3) is 3.08. The first-order valence-electron chi connectivity index (χ1n) is 6.62. The highest BCUT2D eigenvalue weighted by Crippen LogP contribution is 2.32. The summed E-state index contributed by atoms with van der Waals surface area (Å²) in [5, 5.41) is 17.4. The number of amides is 2. The molecule has 0 heterocycles. The number of benzene rings is 1. The average molecular weight is 277 g/mol. The third-order valence-corrected chi connectivity index (χ3v) is 3.54. The average Bonchev–Trinajstić information content (AvgIpc) is 2.34. The molecule has 6 heteroatoms. The second-order valence-corrected chi connectivity index (χ2v) is 5.05. The van der Waals surface area contributed by atoms with E-state index in [0.29, 0.717) is 25.1 Å². The van der Waals surface area contributed by atoms with Crippen molar-refractivity contribution >= 4 is 17.7 Å². The van der Waals surface area contributed by atoms with Gasteiger partial charge in [0.2, 0.25) is 0 Å². The molecule has 0 unspecified atom stereocenters. The van der Waals surface area contributed by atoms with Gasteiger partial charge < -0.3 is 21.1 Å². The van der Waals surface area contributed by atoms with Gasteiger partial charge in [-0.1, -0.05) is 12.1 Å². The maximum atomic E-state index is 11.9. The number of carboxylic acid groups (broad SMARTS) is 1. The number of aliphatic carboxylic acids is 1. The molecule has 0 spiro atoms. The molecule has 0 radical (unpaired) electrons. The van der Waals surface area contributed by atoms with Crippen LogP contribution in [-0.4, -0.2) is 29.7 Å². The molecule has 6 nitrogen and oxygen atoms in total. The van der Waals surface area contributed by atoms with Crippen molar-refractivity contribution in [3.8, 4) is 0 Å². The van der Waals surface area contributed by atoms with Crippen molar-refractivity contribution < 1.29 is 14.7 Å². The molecular formula is C14H19N3O3. The van der Waals surface area contributed by atoms with E-state index >= 15 is 0 Å². The zero-order valence-corrected chi connectivity index (χ0v) is 11.4. The van der Waals surface area contributed by atoms with Crippen molar-refractivity contribution in [2.24, 2.45) is 0 Å². The monoisotopic (exact) mass is 277 g/mol. The van der Waals surface area contributed by atoms with Gasteiger partial charge >= 0.3 is 12.0 Å². The van der Waals surface area contributed by atoms with Gasteiger partial charge in [0.25, 0.3) is 0 Å². The Morgan fingerprint density at radius 2 is 2.10 bits per heavy atom. The summed E-state index contributed by atoms with van der Waals surface area (Å²) < 4.78 is 0. The van der Waals surface area contributed by atoms with Crippen molar-refractivity contribution in [3.05, 3.63) is 29.8 Å². The van der Waals surface area contributed by atoms with Gasteiger partial charge in [-0.15, -0.1) is 0 Å². The molecular weight excluding hydrogens is 258 g/mol. The molecule has 1 aliphatic carbocycles. The number of carbonyl (C=O) groups excluding carboxylic acids is 1. The number of rotatable bonds is 5. The van der Waals surface area contributed by atoms with Crippen LogP contribution in [0.4, 0.5) is 10.5 Å². The third-order valence-electron chi connectivity index (χ3n) is 3.54. The highest BCUT2D eigenvalue weighted by atomic mass is 16.4. The van der Waals surface area contributed by atoms with Gasteiger partial charge in [-0.3, -0.25) is 0 Å². The number of hydrogen-bond donors (Lipinski definition) is 4. The molecule has 1 aromatic carbocycles. The van der Waals surface area contributed by atoms with Crippen LogP contribution in [0.25, 0.3) is 0 Å². The quantitative estimate of drug-likeness (QED) is 0.657. The lowest BCUT2D eigenvalue weighted by molar-refractivity contribution is -0.148. The standard InChI is InChI=1S/C14H19N3O3/c1-15-9-10-4-2-5-11(8-10)16-13(20)17-14(12(18)19)6-3-7-14/h2,4-5,8,15H,3,6-7,9H2,1H3,(H,18,19)(H2,16,17,20). The maximum Gasteiger partial charge on any atom is 0.329 e. The van der Waals surface area contributed by atoms with Crippen molar-refractivity contribution in [2.45, 2.75) is 31.3 Å². The van der Waals surface area contributed by atoms with E-state index in [0.717, 1.165) is 12.0 Å². The summed E-state index contributed by atoms with van der Waals surface area (Å²) in [5.41, 5.74) is 0.601. The molecule has 4 N–H and O–H groups in total. The maximum absolute atomic E-state index is 11.9. The van der Waals surface area contributed by atoms with E-state index in [1.807, 2.05) is 25.2 Å². The zero-order valence-electron chi connectivity index (χ0n) is 11.4. The number of carbonyl (C=O) groups is 2. The van der Waals surface area contributed by atoms with Crippen LogP contribution in [0.1, 0.15) is 24.8 Å². The van der Waals surface area contributed by atoms with E-state index in [-0.39, 0.29) is 0 Å². The molecule has 1 aliphatic rings. The first-order valence-corrected chi connectivity index (χ1v) is 6.62. The summed E-state index contributed by atoms with van der Waals surface area (Å²) in [6, 6.07) is 6.94. The Morgan fingerprint density at radius 1 is 1.35 bits per heavy atom. The topological polar surface area (TPSA) is 90.5 Å². The minimum Gasteiger partial charge on any atom is -0.480 e. The summed E-state index contributed by atoms with van der Waals surface area (Å²) in [4.78, 5) is 23.1. The van der Waals surface area contributed by atoms with Gasteiger partial charge in [0, 0.05) is 12.2 Å². The van der Waals surface area contributed by atoms with Gasteiger partial charge in [0.05, 0.1) is 0 Å². The molecule has 2 amide bonds. The fraction of sp³-hybridized carbons (Fsp3) is 0.429. The summed E-state index contributed by atoms with van der Waals surface area (Å²) in [6.45, 7) is 0.705. The van der Waals surface area contributed by atoms with Crippen LogP contribution in [0, 0.1) is 0 Å². The van der Waals surface area contributed by atoms with E-state index in [4.69, 9.17) is 5.11 Å². The fourth-order valence-corrected chi connectivity index (χ4v) is 2.27. The van der Waals surface area contributed by atoms with Crippen LogP contribution in [-0.2, 0) is 11.3 Å². The van der Waals surface area contributed by atoms with Crippen molar-refractivity contribution in [1.82, 2.24) is 10.6 Å². The highest BCUT2D eigenvalue weighted by molar-refractivity contribution is 5.94. The van der Waals surface area contributed by atoms with Crippen LogP contribution >= 0.6 is 0 Å². The van der Waals surface area contributed by atoms with Gasteiger partial charge in [-0.2, -0.15) is 0 Å². The summed E-state index contributed by atoms with van der Waals surface area (Å²) in [5.74, 6) is -0.970. The minimum absolute atomic E-state index is 0.478. The Labute approximate surface area is 117 Å². The molecule has 20 heavy (non-hydrogen) atoms. The van der Waals surface area contributed by atoms with Crippen molar-refractivity contribution in [3.63, 3.8) is 0 Å². The summed E-state index contributed by atoms with van der Waals surface area (Å²) in [7, 11) is 1.85. The lowest BCUT2D eigenvalue weighted by Crippen LogP contribution is -2.60. The lowest BCUT2D eigenvalue weighted by atomic mass is 9.77. The molecule has 2 rings (SSSR count). The first kappa shape index (κ1) is 14.3. The molecule has 0 aliphatic heterocycles. The number of anilines is 1. The van der Waals surface area contributed by atoms with E-state index in [2.05, 4.69) is 16.0 Å². The molecule has 1 saturated carbocycles. The van der Waals surface area contributed by atoms with Crippen LogP contribution in [0.15, 0.2) is 24.3 Å². The molecule has 0 saturated heterocycles. The number of nitrogens with one attached hydrogen (secondary N) is 3. The van der Waals surface area contributed by atoms with E-state index < -0.39 is 17.5 Å². The van der Waals surface area contributed by atoms with Crippen molar-refractivity contribution in [1.29, 1.82) is 0 Å². The molecule has 1 fully saturated rings. The lowest BCUT2D eigenvalue weighted by Gasteiger charge is -2.38. The predicted molar refractivity (Wildman–Crippen MR) is 75.6 cm³/mol. The highest BCUT2D eigenvalue weighted by Gasteiger charge is 2.45. The molecule has 0 atom stereocenters. The minimum atomic E-state index is -1.09. The normalized spacial score (nSPS) is 16.1. The molecule has 0 aromatic heterocycles. The molecule has 0 bridgehead atoms. The summed E-state index contributed by atoms with van der Waals surface area (Å²) >= 11 is 0. The van der Waals surface area contributed by atoms with Gasteiger partial charge in [-0.05, 0) is 44.0 Å². The van der Waals surface area contributed by atoms with Crippen molar-refractivity contribution in [2.75, 3.05) is 12.4 Å². The zero-order chi connectivity index (χ0) is 14.6. The Kier molecular flexibility index (Phi) is 4.24. The SMILES string of the molecule is CNCc1cccc(NC(=O)NC2(C(=O)O)CCC2)c1. The van der Waals surface area contributed by atoms with E-state index in [9.17, 15) is 9.59 Å². The van der Waals surface area contributed by atoms with Gasteiger partial charge in [0.15, 0.2) is 0 Å². The van der Waals surface area contributed by atoms with Crippen LogP contribution < -0.4 is 16.0 Å². The Hall–Kier alpha value is -2.08. The molecule has 1 aromatic rings. The predicted octanol–water partition coefficient (Wildman–Crippen LogP) is 1.53. The number of carboxylic acids is 1. The molecule has 108 valence electrons. The Balaban J connectivity index is 1.97. The number of hydrogen-bond acceptors (Lipinski definition) is 3. The van der Waals surface area contributed by atoms with E-state index in [1.54, 1.807) is 6.07 Å². The van der Waals surface area contributed by atoms with Crippen LogP contribution in [0.3, 0.4) is 0 Å². The largest absolute Gasteiger partial charge is 0.480 e. The smallest absolute Gasteiger partial charge is 0.329 e. The Morgan fingerprint density at radius 3 is 2.65 bits per heavy atom. The van der Waals surface area contributed by atoms with E-state index in [1.165, 1.54) is 0 Å². The van der Waals surface area contributed by atoms with Gasteiger partial charge in [0.1, 0.15) is 5.54 Å². The van der Waals surface area contributed by atoms with Gasteiger partial charge in [-0.25, -0.2) is 9.59 Å². The van der Waals surface area contributed by atoms with Crippen LogP contribution in [0.2, 0.25) is 0 Å². The summed E-state index contributed by atoms with van der Waals surface area (Å²) in [6.07, 6.45) is 1.79. The Bertz CT molecular complexity index is 512. The second kappa shape index (κ2) is 5.92. The number of urea groups is 1. The fourth-order valence-electron chi connectivity index (χ4n) is 2.27.